The molecular weight excluding hydrogens is 320 g/mol. The topological polar surface area (TPSA) is 55.1 Å². The van der Waals surface area contributed by atoms with Gasteiger partial charge in [-0.2, -0.15) is 0 Å². The van der Waals surface area contributed by atoms with Gasteiger partial charge in [-0.05, 0) is 36.2 Å². The van der Waals surface area contributed by atoms with Gasteiger partial charge in [0, 0.05) is 22.5 Å². The van der Waals surface area contributed by atoms with Crippen LogP contribution in [0.15, 0.2) is 47.2 Å². The van der Waals surface area contributed by atoms with Crippen LogP contribution < -0.4 is 5.32 Å². The van der Waals surface area contributed by atoms with Crippen LogP contribution in [0.3, 0.4) is 0 Å². The Hall–Kier alpha value is -2.11. The van der Waals surface area contributed by atoms with Crippen LogP contribution in [-0.2, 0) is 6.42 Å². The van der Waals surface area contributed by atoms with E-state index in [2.05, 4.69) is 10.3 Å². The summed E-state index contributed by atoms with van der Waals surface area (Å²) >= 11 is 7.57. The molecule has 1 N–H and O–H groups in total. The highest BCUT2D eigenvalue weighted by Gasteiger charge is 2.11. The van der Waals surface area contributed by atoms with Crippen LogP contribution in [0.1, 0.15) is 26.6 Å². The van der Waals surface area contributed by atoms with E-state index in [0.29, 0.717) is 5.13 Å². The maximum atomic E-state index is 11.9. The number of hydrogen-bond donors (Lipinski definition) is 1. The Labute approximate surface area is 136 Å². The molecule has 6 heteroatoms. The van der Waals surface area contributed by atoms with Gasteiger partial charge in [0.05, 0.1) is 6.26 Å². The minimum absolute atomic E-state index is 0.266. The summed E-state index contributed by atoms with van der Waals surface area (Å²) in [5.74, 6) is -0.0358. The van der Waals surface area contributed by atoms with E-state index in [9.17, 15) is 4.79 Å². The summed E-state index contributed by atoms with van der Waals surface area (Å²) in [5.41, 5.74) is 2.17. The van der Waals surface area contributed by atoms with Gasteiger partial charge in [-0.1, -0.05) is 23.7 Å². The number of benzene rings is 1. The second kappa shape index (κ2) is 6.34. The summed E-state index contributed by atoms with van der Waals surface area (Å²) in [6, 6.07) is 9.28. The summed E-state index contributed by atoms with van der Waals surface area (Å²) in [4.78, 5) is 17.1. The molecule has 1 amide bonds. The molecule has 0 unspecified atom stereocenters. The Kier molecular flexibility index (Phi) is 4.27. The third-order valence-corrected chi connectivity index (χ3v) is 4.45. The minimum Gasteiger partial charge on any atom is -0.459 e. The van der Waals surface area contributed by atoms with E-state index in [1.54, 1.807) is 18.3 Å². The molecule has 0 atom stereocenters. The first-order chi connectivity index (χ1) is 10.6. The summed E-state index contributed by atoms with van der Waals surface area (Å²) in [6.45, 7) is 1.97. The molecule has 3 rings (SSSR count). The number of amides is 1. The summed E-state index contributed by atoms with van der Waals surface area (Å²) < 4.78 is 5.04. The zero-order chi connectivity index (χ0) is 15.5. The summed E-state index contributed by atoms with van der Waals surface area (Å²) in [5, 5.41) is 4.03. The molecule has 1 aromatic carbocycles. The molecule has 0 bridgehead atoms. The van der Waals surface area contributed by atoms with Gasteiger partial charge >= 0.3 is 0 Å². The van der Waals surface area contributed by atoms with Crippen molar-refractivity contribution in [3.05, 3.63) is 69.6 Å². The number of nitrogens with one attached hydrogen (secondary N) is 1. The van der Waals surface area contributed by atoms with Crippen molar-refractivity contribution in [3.8, 4) is 0 Å². The highest BCUT2D eigenvalue weighted by atomic mass is 35.5. The molecule has 0 saturated heterocycles. The van der Waals surface area contributed by atoms with E-state index in [-0.39, 0.29) is 11.7 Å². The van der Waals surface area contributed by atoms with Crippen molar-refractivity contribution in [1.29, 1.82) is 0 Å². The van der Waals surface area contributed by atoms with Crippen molar-refractivity contribution in [2.24, 2.45) is 0 Å². The highest BCUT2D eigenvalue weighted by Crippen LogP contribution is 2.24. The molecule has 2 aromatic heterocycles. The Bertz CT molecular complexity index is 796. The van der Waals surface area contributed by atoms with Crippen molar-refractivity contribution in [1.82, 2.24) is 4.98 Å². The van der Waals surface area contributed by atoms with E-state index in [4.69, 9.17) is 16.0 Å². The Balaban J connectivity index is 1.68. The summed E-state index contributed by atoms with van der Waals surface area (Å²) in [7, 11) is 0. The Morgan fingerprint density at radius 1 is 1.41 bits per heavy atom. The fourth-order valence-corrected chi connectivity index (χ4v) is 3.01. The zero-order valence-corrected chi connectivity index (χ0v) is 13.4. The lowest BCUT2D eigenvalue weighted by atomic mass is 10.1. The monoisotopic (exact) mass is 332 g/mol. The van der Waals surface area contributed by atoms with E-state index in [0.717, 1.165) is 27.4 Å². The first kappa shape index (κ1) is 14.8. The number of carbonyl (C=O) groups excluding carboxylic acids is 1. The molecule has 0 saturated carbocycles. The quantitative estimate of drug-likeness (QED) is 0.763. The number of hydrogen-bond acceptors (Lipinski definition) is 4. The largest absolute Gasteiger partial charge is 0.459 e. The van der Waals surface area contributed by atoms with Crippen LogP contribution >= 0.6 is 22.9 Å². The fourth-order valence-electron chi connectivity index (χ4n) is 1.96. The molecule has 0 spiro atoms. The Morgan fingerprint density at radius 2 is 2.27 bits per heavy atom. The van der Waals surface area contributed by atoms with Crippen molar-refractivity contribution >= 4 is 34.0 Å². The predicted octanol–water partition coefficient (Wildman–Crippen LogP) is 4.54. The first-order valence-electron chi connectivity index (χ1n) is 6.66. The Morgan fingerprint density at radius 3 is 3.00 bits per heavy atom. The van der Waals surface area contributed by atoms with Gasteiger partial charge < -0.3 is 4.42 Å². The number of carbonyl (C=O) groups is 1. The van der Waals surface area contributed by atoms with Gasteiger partial charge in [-0.3, -0.25) is 10.1 Å². The molecular formula is C16H13ClN2O2S. The van der Waals surface area contributed by atoms with E-state index < -0.39 is 0 Å². The average molecular weight is 333 g/mol. The van der Waals surface area contributed by atoms with Gasteiger partial charge in [0.2, 0.25) is 0 Å². The predicted molar refractivity (Wildman–Crippen MR) is 87.8 cm³/mol. The normalized spacial score (nSPS) is 10.6. The zero-order valence-electron chi connectivity index (χ0n) is 11.8. The minimum atomic E-state index is -0.302. The standard InChI is InChI=1S/C16H13ClN2O2S/c1-10-4-5-11(8-13(10)17)7-12-9-18-16(22-12)19-15(20)14-3-2-6-21-14/h2-6,8-9H,7H2,1H3,(H,18,19,20). The molecule has 2 heterocycles. The maximum Gasteiger partial charge on any atom is 0.293 e. The maximum absolute atomic E-state index is 11.9. The van der Waals surface area contributed by atoms with Gasteiger partial charge in [-0.25, -0.2) is 4.98 Å². The third kappa shape index (κ3) is 3.37. The number of aryl methyl sites for hydroxylation is 1. The highest BCUT2D eigenvalue weighted by molar-refractivity contribution is 7.15. The van der Waals surface area contributed by atoms with Crippen molar-refractivity contribution in [3.63, 3.8) is 0 Å². The fraction of sp³-hybridized carbons (Fsp3) is 0.125. The van der Waals surface area contributed by atoms with Crippen LogP contribution in [0, 0.1) is 6.92 Å². The van der Waals surface area contributed by atoms with Crippen LogP contribution in [0.2, 0.25) is 5.02 Å². The number of nitrogens with zero attached hydrogens (tertiary/aromatic N) is 1. The second-order valence-corrected chi connectivity index (χ2v) is 6.35. The molecule has 22 heavy (non-hydrogen) atoms. The SMILES string of the molecule is Cc1ccc(Cc2cnc(NC(=O)c3ccco3)s2)cc1Cl. The smallest absolute Gasteiger partial charge is 0.293 e. The van der Waals surface area contributed by atoms with Crippen molar-refractivity contribution in [2.75, 3.05) is 5.32 Å². The van der Waals surface area contributed by atoms with Crippen LogP contribution in [0.5, 0.6) is 0 Å². The van der Waals surface area contributed by atoms with Crippen molar-refractivity contribution in [2.45, 2.75) is 13.3 Å². The first-order valence-corrected chi connectivity index (χ1v) is 7.86. The molecule has 3 aromatic rings. The molecule has 0 radical (unpaired) electrons. The second-order valence-electron chi connectivity index (χ2n) is 4.82. The molecule has 0 aliphatic rings. The number of thiazole rings is 1. The van der Waals surface area contributed by atoms with Gasteiger partial charge in [-0.15, -0.1) is 11.3 Å². The van der Waals surface area contributed by atoms with E-state index >= 15 is 0 Å². The third-order valence-electron chi connectivity index (χ3n) is 3.13. The lowest BCUT2D eigenvalue weighted by molar-refractivity contribution is 0.0996. The van der Waals surface area contributed by atoms with Gasteiger partial charge in [0.1, 0.15) is 0 Å². The molecule has 4 nitrogen and oxygen atoms in total. The van der Waals surface area contributed by atoms with Crippen LogP contribution in [-0.4, -0.2) is 10.9 Å². The average Bonchev–Trinajstić information content (AvgIpc) is 3.15. The van der Waals surface area contributed by atoms with E-state index in [1.165, 1.54) is 17.6 Å². The number of rotatable bonds is 4. The van der Waals surface area contributed by atoms with Gasteiger partial charge in [0.25, 0.3) is 5.91 Å². The van der Waals surface area contributed by atoms with E-state index in [1.807, 2.05) is 25.1 Å². The molecule has 0 fully saturated rings. The van der Waals surface area contributed by atoms with Gasteiger partial charge in [0.15, 0.2) is 10.9 Å². The van der Waals surface area contributed by atoms with Crippen molar-refractivity contribution < 1.29 is 9.21 Å². The number of anilines is 1. The summed E-state index contributed by atoms with van der Waals surface area (Å²) in [6.07, 6.45) is 3.95. The number of aromatic nitrogens is 1. The molecule has 0 aliphatic carbocycles. The number of furan rings is 1. The number of halogens is 1. The molecule has 0 aliphatic heterocycles. The molecule has 112 valence electrons. The lowest BCUT2D eigenvalue weighted by Crippen LogP contribution is -2.10. The van der Waals surface area contributed by atoms with Crippen LogP contribution in [0.25, 0.3) is 0 Å². The lowest BCUT2D eigenvalue weighted by Gasteiger charge is -2.02. The van der Waals surface area contributed by atoms with Crippen LogP contribution in [0.4, 0.5) is 5.13 Å².